The first-order valence-corrected chi connectivity index (χ1v) is 7.40. The highest BCUT2D eigenvalue weighted by molar-refractivity contribution is 5.78. The number of ether oxygens (including phenoxy) is 1. The van der Waals surface area contributed by atoms with E-state index < -0.39 is 0 Å². The van der Waals surface area contributed by atoms with Gasteiger partial charge in [-0.3, -0.25) is 9.69 Å². The zero-order valence-electron chi connectivity index (χ0n) is 11.8. The highest BCUT2D eigenvalue weighted by Crippen LogP contribution is 2.25. The van der Waals surface area contributed by atoms with Crippen molar-refractivity contribution in [2.75, 3.05) is 45.9 Å². The molecule has 0 spiro atoms. The highest BCUT2D eigenvalue weighted by atomic mass is 16.5. The van der Waals surface area contributed by atoms with Crippen molar-refractivity contribution in [1.82, 2.24) is 19.8 Å². The van der Waals surface area contributed by atoms with Gasteiger partial charge in [0.2, 0.25) is 5.91 Å². The first-order chi connectivity index (χ1) is 9.83. The molecule has 0 aliphatic carbocycles. The van der Waals surface area contributed by atoms with E-state index in [0.29, 0.717) is 12.5 Å². The minimum Gasteiger partial charge on any atom is -0.379 e. The van der Waals surface area contributed by atoms with E-state index in [1.807, 2.05) is 11.1 Å². The van der Waals surface area contributed by atoms with E-state index in [0.717, 1.165) is 58.1 Å². The lowest BCUT2D eigenvalue weighted by Gasteiger charge is -2.33. The Bertz CT molecular complexity index is 420. The fourth-order valence-electron chi connectivity index (χ4n) is 2.95. The summed E-state index contributed by atoms with van der Waals surface area (Å²) in [5.74, 6) is 1.78. The molecule has 2 aliphatic heterocycles. The quantitative estimate of drug-likeness (QED) is 0.872. The normalized spacial score (nSPS) is 22.1. The van der Waals surface area contributed by atoms with Crippen molar-refractivity contribution in [1.29, 1.82) is 0 Å². The smallest absolute Gasteiger partial charge is 0.236 e. The fourth-order valence-corrected chi connectivity index (χ4v) is 2.95. The Morgan fingerprint density at radius 3 is 2.70 bits per heavy atom. The molecule has 1 aromatic rings. The number of hydrogen-bond acceptors (Lipinski definition) is 4. The van der Waals surface area contributed by atoms with Crippen LogP contribution in [0.5, 0.6) is 0 Å². The fraction of sp³-hybridized carbons (Fsp3) is 0.714. The second-order valence-electron chi connectivity index (χ2n) is 5.52. The van der Waals surface area contributed by atoms with Crippen LogP contribution in [0.3, 0.4) is 0 Å². The van der Waals surface area contributed by atoms with Crippen molar-refractivity contribution in [2.24, 2.45) is 0 Å². The number of amides is 1. The number of rotatable bonds is 3. The molecule has 6 nitrogen and oxygen atoms in total. The predicted molar refractivity (Wildman–Crippen MR) is 74.4 cm³/mol. The summed E-state index contributed by atoms with van der Waals surface area (Å²) >= 11 is 0. The number of morpholine rings is 1. The van der Waals surface area contributed by atoms with Crippen LogP contribution in [0, 0.1) is 0 Å². The molecule has 1 N–H and O–H groups in total. The Morgan fingerprint density at radius 2 is 2.05 bits per heavy atom. The third-order valence-corrected chi connectivity index (χ3v) is 4.22. The number of aromatic amines is 1. The van der Waals surface area contributed by atoms with Gasteiger partial charge >= 0.3 is 0 Å². The van der Waals surface area contributed by atoms with E-state index in [2.05, 4.69) is 14.9 Å². The number of nitrogens with one attached hydrogen (secondary N) is 1. The number of imidazole rings is 1. The maximum Gasteiger partial charge on any atom is 0.236 e. The van der Waals surface area contributed by atoms with Gasteiger partial charge in [0.25, 0.3) is 0 Å². The first-order valence-electron chi connectivity index (χ1n) is 7.40. The third-order valence-electron chi connectivity index (χ3n) is 4.22. The Morgan fingerprint density at radius 1 is 1.30 bits per heavy atom. The van der Waals surface area contributed by atoms with Crippen LogP contribution >= 0.6 is 0 Å². The van der Waals surface area contributed by atoms with E-state index >= 15 is 0 Å². The Kier molecular flexibility index (Phi) is 4.32. The van der Waals surface area contributed by atoms with Gasteiger partial charge in [0.15, 0.2) is 0 Å². The summed E-state index contributed by atoms with van der Waals surface area (Å²) in [6.45, 7) is 5.45. The van der Waals surface area contributed by atoms with Gasteiger partial charge in [-0.1, -0.05) is 0 Å². The predicted octanol–water partition coefficient (Wildman–Crippen LogP) is 0.448. The molecule has 20 heavy (non-hydrogen) atoms. The summed E-state index contributed by atoms with van der Waals surface area (Å²) in [4.78, 5) is 24.0. The van der Waals surface area contributed by atoms with Gasteiger partial charge in [-0.2, -0.15) is 0 Å². The zero-order chi connectivity index (χ0) is 13.8. The molecule has 3 rings (SSSR count). The average Bonchev–Trinajstić information content (AvgIpc) is 3.03. The summed E-state index contributed by atoms with van der Waals surface area (Å²) in [6.07, 6.45) is 5.67. The second kappa shape index (κ2) is 6.37. The van der Waals surface area contributed by atoms with Crippen LogP contribution in [-0.2, 0) is 9.53 Å². The van der Waals surface area contributed by atoms with E-state index in [4.69, 9.17) is 4.74 Å². The molecule has 2 saturated heterocycles. The van der Waals surface area contributed by atoms with Gasteiger partial charge in [-0.25, -0.2) is 4.98 Å². The summed E-state index contributed by atoms with van der Waals surface area (Å²) in [5.41, 5.74) is 0. The molecule has 2 aliphatic rings. The molecular weight excluding hydrogens is 256 g/mol. The van der Waals surface area contributed by atoms with Crippen molar-refractivity contribution in [3.8, 4) is 0 Å². The molecule has 0 unspecified atom stereocenters. The maximum absolute atomic E-state index is 12.3. The van der Waals surface area contributed by atoms with E-state index in [1.54, 1.807) is 6.20 Å². The Labute approximate surface area is 119 Å². The Hall–Kier alpha value is -1.40. The van der Waals surface area contributed by atoms with Gasteiger partial charge < -0.3 is 14.6 Å². The number of H-pyrrole nitrogens is 1. The number of carbonyl (C=O) groups is 1. The molecule has 0 bridgehead atoms. The topological polar surface area (TPSA) is 61.5 Å². The maximum atomic E-state index is 12.3. The summed E-state index contributed by atoms with van der Waals surface area (Å²) in [6, 6.07) is 0. The number of carbonyl (C=O) groups excluding carboxylic acids is 1. The third kappa shape index (κ3) is 3.19. The molecule has 3 heterocycles. The van der Waals surface area contributed by atoms with Crippen molar-refractivity contribution in [3.05, 3.63) is 18.2 Å². The number of hydrogen-bond donors (Lipinski definition) is 1. The standard InChI is InChI=1S/C14H22N4O2/c19-13(11-17-7-9-20-10-8-17)18-5-1-12(2-6-18)14-15-3-4-16-14/h3-4,12H,1-2,5-11H2,(H,15,16). The molecule has 0 saturated carbocycles. The molecule has 6 heteroatoms. The van der Waals surface area contributed by atoms with Gasteiger partial charge in [0, 0.05) is 44.5 Å². The molecule has 1 aromatic heterocycles. The van der Waals surface area contributed by atoms with Crippen LogP contribution in [-0.4, -0.2) is 71.6 Å². The minimum absolute atomic E-state index is 0.254. The number of likely N-dealkylation sites (tertiary alicyclic amines) is 1. The zero-order valence-corrected chi connectivity index (χ0v) is 11.8. The van der Waals surface area contributed by atoms with Gasteiger partial charge in [-0.05, 0) is 12.8 Å². The van der Waals surface area contributed by atoms with E-state index in [1.165, 1.54) is 0 Å². The van der Waals surface area contributed by atoms with Crippen LogP contribution < -0.4 is 0 Å². The summed E-state index contributed by atoms with van der Waals surface area (Å²) < 4.78 is 5.31. The number of piperidine rings is 1. The Balaban J connectivity index is 1.46. The first kappa shape index (κ1) is 13.6. The molecular formula is C14H22N4O2. The molecule has 2 fully saturated rings. The van der Waals surface area contributed by atoms with E-state index in [-0.39, 0.29) is 5.91 Å². The van der Waals surface area contributed by atoms with Crippen molar-refractivity contribution < 1.29 is 9.53 Å². The van der Waals surface area contributed by atoms with Crippen LogP contribution in [0.1, 0.15) is 24.6 Å². The second-order valence-corrected chi connectivity index (χ2v) is 5.52. The van der Waals surface area contributed by atoms with Crippen LogP contribution in [0.15, 0.2) is 12.4 Å². The molecule has 0 radical (unpaired) electrons. The largest absolute Gasteiger partial charge is 0.379 e. The molecule has 110 valence electrons. The lowest BCUT2D eigenvalue weighted by molar-refractivity contribution is -0.134. The van der Waals surface area contributed by atoms with E-state index in [9.17, 15) is 4.79 Å². The monoisotopic (exact) mass is 278 g/mol. The van der Waals surface area contributed by atoms with Gasteiger partial charge in [0.1, 0.15) is 5.82 Å². The lowest BCUT2D eigenvalue weighted by Crippen LogP contribution is -2.46. The van der Waals surface area contributed by atoms with Gasteiger partial charge in [0.05, 0.1) is 19.8 Å². The highest BCUT2D eigenvalue weighted by Gasteiger charge is 2.26. The average molecular weight is 278 g/mol. The number of aromatic nitrogens is 2. The van der Waals surface area contributed by atoms with Gasteiger partial charge in [-0.15, -0.1) is 0 Å². The molecule has 0 atom stereocenters. The van der Waals surface area contributed by atoms with Crippen molar-refractivity contribution in [2.45, 2.75) is 18.8 Å². The van der Waals surface area contributed by atoms with Crippen molar-refractivity contribution in [3.63, 3.8) is 0 Å². The van der Waals surface area contributed by atoms with Crippen LogP contribution in [0.2, 0.25) is 0 Å². The SMILES string of the molecule is O=C(CN1CCOCC1)N1CCC(c2ncc[nH]2)CC1. The lowest BCUT2D eigenvalue weighted by atomic mass is 9.96. The number of nitrogens with zero attached hydrogens (tertiary/aromatic N) is 3. The summed E-state index contributed by atoms with van der Waals surface area (Å²) in [5, 5.41) is 0. The molecule has 0 aromatic carbocycles. The van der Waals surface area contributed by atoms with Crippen LogP contribution in [0.4, 0.5) is 0 Å². The minimum atomic E-state index is 0.254. The summed E-state index contributed by atoms with van der Waals surface area (Å²) in [7, 11) is 0. The molecule has 1 amide bonds. The van der Waals surface area contributed by atoms with Crippen molar-refractivity contribution >= 4 is 5.91 Å². The van der Waals surface area contributed by atoms with Crippen LogP contribution in [0.25, 0.3) is 0 Å².